The van der Waals surface area contributed by atoms with E-state index in [4.69, 9.17) is 4.42 Å². The lowest BCUT2D eigenvalue weighted by Crippen LogP contribution is -2.42. The van der Waals surface area contributed by atoms with Crippen LogP contribution in [0.1, 0.15) is 19.6 Å². The molecule has 0 spiro atoms. The normalized spacial score (nSPS) is 12.5. The molecule has 118 valence electrons. The molecule has 2 rings (SSSR count). The number of para-hydroxylation sites is 1. The van der Waals surface area contributed by atoms with Gasteiger partial charge in [0.2, 0.25) is 5.91 Å². The Hall–Kier alpha value is -2.34. The van der Waals surface area contributed by atoms with Gasteiger partial charge in [0.1, 0.15) is 17.4 Å². The Morgan fingerprint density at radius 3 is 2.73 bits per heavy atom. The molecule has 0 fully saturated rings. The number of carbonyl (C=O) groups excluding carboxylic acids is 1. The molecule has 1 unspecified atom stereocenters. The number of nitrogens with one attached hydrogen (secondary N) is 1. The maximum atomic E-state index is 11.2. The molecule has 0 saturated carbocycles. The lowest BCUT2D eigenvalue weighted by molar-refractivity contribution is -0.142. The van der Waals surface area contributed by atoms with E-state index in [0.717, 1.165) is 11.0 Å². The van der Waals surface area contributed by atoms with Crippen LogP contribution in [0.5, 0.6) is 0 Å². The maximum absolute atomic E-state index is 11.2. The topological polar surface area (TPSA) is 82.8 Å². The fourth-order valence-corrected chi connectivity index (χ4v) is 2.26. The van der Waals surface area contributed by atoms with Crippen molar-refractivity contribution in [1.29, 1.82) is 0 Å². The fraction of sp³-hybridized carbons (Fsp3) is 0.375. The largest absolute Gasteiger partial charge is 0.480 e. The van der Waals surface area contributed by atoms with Crippen molar-refractivity contribution in [2.75, 3.05) is 13.1 Å². The first-order valence-electron chi connectivity index (χ1n) is 7.16. The van der Waals surface area contributed by atoms with Crippen molar-refractivity contribution in [2.24, 2.45) is 0 Å². The molecule has 1 amide bonds. The second-order valence-corrected chi connectivity index (χ2v) is 5.22. The van der Waals surface area contributed by atoms with Crippen LogP contribution in [-0.4, -0.2) is 41.0 Å². The molecular formula is C16H20N2O4. The minimum Gasteiger partial charge on any atom is -0.480 e. The van der Waals surface area contributed by atoms with E-state index in [-0.39, 0.29) is 5.91 Å². The highest BCUT2D eigenvalue weighted by molar-refractivity contribution is 5.77. The molecule has 0 radical (unpaired) electrons. The van der Waals surface area contributed by atoms with Crippen molar-refractivity contribution in [3.05, 3.63) is 36.1 Å². The second-order valence-electron chi connectivity index (χ2n) is 5.22. The highest BCUT2D eigenvalue weighted by Gasteiger charge is 2.21. The number of carboxylic acid groups (broad SMARTS) is 1. The number of furan rings is 1. The van der Waals surface area contributed by atoms with Crippen LogP contribution in [0.2, 0.25) is 0 Å². The van der Waals surface area contributed by atoms with Crippen molar-refractivity contribution in [3.63, 3.8) is 0 Å². The molecule has 0 saturated heterocycles. The van der Waals surface area contributed by atoms with Gasteiger partial charge < -0.3 is 14.8 Å². The summed E-state index contributed by atoms with van der Waals surface area (Å²) < 4.78 is 5.73. The molecule has 1 aromatic heterocycles. The summed E-state index contributed by atoms with van der Waals surface area (Å²) in [5, 5.41) is 12.9. The maximum Gasteiger partial charge on any atom is 0.320 e. The van der Waals surface area contributed by atoms with Gasteiger partial charge in [0, 0.05) is 25.4 Å². The number of fused-ring (bicyclic) bond motifs is 1. The number of hydrogen-bond donors (Lipinski definition) is 2. The third-order valence-electron chi connectivity index (χ3n) is 3.51. The summed E-state index contributed by atoms with van der Waals surface area (Å²) in [7, 11) is 0. The molecule has 0 bridgehead atoms. The first-order valence-corrected chi connectivity index (χ1v) is 7.16. The Balaban J connectivity index is 2.10. The van der Waals surface area contributed by atoms with Gasteiger partial charge in [-0.25, -0.2) is 0 Å². The zero-order valence-corrected chi connectivity index (χ0v) is 12.7. The van der Waals surface area contributed by atoms with Crippen molar-refractivity contribution >= 4 is 22.8 Å². The summed E-state index contributed by atoms with van der Waals surface area (Å²) >= 11 is 0. The van der Waals surface area contributed by atoms with Crippen molar-refractivity contribution < 1.29 is 19.1 Å². The zero-order valence-electron chi connectivity index (χ0n) is 12.7. The van der Waals surface area contributed by atoms with Crippen molar-refractivity contribution in [3.8, 4) is 0 Å². The van der Waals surface area contributed by atoms with E-state index in [1.165, 1.54) is 6.92 Å². The number of carboxylic acids is 1. The molecular weight excluding hydrogens is 284 g/mol. The number of benzene rings is 1. The second kappa shape index (κ2) is 7.09. The molecule has 1 atom stereocenters. The number of carbonyl (C=O) groups is 2. The highest BCUT2D eigenvalue weighted by Crippen LogP contribution is 2.20. The van der Waals surface area contributed by atoms with Crippen LogP contribution in [0.4, 0.5) is 0 Å². The van der Waals surface area contributed by atoms with E-state index < -0.39 is 12.0 Å². The van der Waals surface area contributed by atoms with Gasteiger partial charge in [0.05, 0.1) is 6.54 Å². The van der Waals surface area contributed by atoms with Gasteiger partial charge in [-0.3, -0.25) is 14.5 Å². The Morgan fingerprint density at radius 1 is 1.36 bits per heavy atom. The van der Waals surface area contributed by atoms with Crippen molar-refractivity contribution in [1.82, 2.24) is 10.2 Å². The zero-order chi connectivity index (χ0) is 16.1. The predicted octanol–water partition coefficient (Wildman–Crippen LogP) is 1.84. The van der Waals surface area contributed by atoms with Crippen LogP contribution in [0.25, 0.3) is 11.0 Å². The quantitative estimate of drug-likeness (QED) is 0.815. The number of rotatable bonds is 7. The summed E-state index contributed by atoms with van der Waals surface area (Å²) in [6, 6.07) is 8.89. The van der Waals surface area contributed by atoms with Crippen LogP contribution >= 0.6 is 0 Å². The van der Waals surface area contributed by atoms with Gasteiger partial charge in [-0.15, -0.1) is 0 Å². The molecule has 0 aliphatic heterocycles. The van der Waals surface area contributed by atoms with E-state index in [1.54, 1.807) is 11.8 Å². The average Bonchev–Trinajstić information content (AvgIpc) is 2.87. The molecule has 1 aromatic carbocycles. The summed E-state index contributed by atoms with van der Waals surface area (Å²) in [6.45, 7) is 4.27. The highest BCUT2D eigenvalue weighted by atomic mass is 16.4. The Kier molecular flexibility index (Phi) is 5.16. The summed E-state index contributed by atoms with van der Waals surface area (Å²) in [5.41, 5.74) is 0.780. The lowest BCUT2D eigenvalue weighted by atomic mass is 10.2. The molecule has 22 heavy (non-hydrogen) atoms. The monoisotopic (exact) mass is 304 g/mol. The van der Waals surface area contributed by atoms with E-state index in [2.05, 4.69) is 5.32 Å². The SMILES string of the molecule is CC(=O)NCCN(Cc1cc2ccccc2o1)C(C)C(=O)O. The van der Waals surface area contributed by atoms with Gasteiger partial charge >= 0.3 is 5.97 Å². The van der Waals surface area contributed by atoms with Gasteiger partial charge in [-0.1, -0.05) is 18.2 Å². The first-order chi connectivity index (χ1) is 10.5. The van der Waals surface area contributed by atoms with Crippen LogP contribution in [0.15, 0.2) is 34.7 Å². The molecule has 2 aromatic rings. The molecule has 1 heterocycles. The van der Waals surface area contributed by atoms with Crippen LogP contribution < -0.4 is 5.32 Å². The lowest BCUT2D eigenvalue weighted by Gasteiger charge is -2.25. The van der Waals surface area contributed by atoms with E-state index in [0.29, 0.717) is 25.4 Å². The molecule has 2 N–H and O–H groups in total. The smallest absolute Gasteiger partial charge is 0.320 e. The van der Waals surface area contributed by atoms with Gasteiger partial charge in [0.25, 0.3) is 0 Å². The van der Waals surface area contributed by atoms with Crippen molar-refractivity contribution in [2.45, 2.75) is 26.4 Å². The summed E-state index contributed by atoms with van der Waals surface area (Å²) in [5.74, 6) is -0.331. The number of hydrogen-bond acceptors (Lipinski definition) is 4. The van der Waals surface area contributed by atoms with Crippen LogP contribution in [0.3, 0.4) is 0 Å². The minimum absolute atomic E-state index is 0.133. The molecule has 6 nitrogen and oxygen atoms in total. The Labute approximate surface area is 128 Å². The van der Waals surface area contributed by atoms with Gasteiger partial charge in [-0.2, -0.15) is 0 Å². The third kappa shape index (κ3) is 4.08. The number of nitrogens with zero attached hydrogens (tertiary/aromatic N) is 1. The third-order valence-corrected chi connectivity index (χ3v) is 3.51. The molecule has 0 aliphatic carbocycles. The Morgan fingerprint density at radius 2 is 2.09 bits per heavy atom. The van der Waals surface area contributed by atoms with E-state index >= 15 is 0 Å². The summed E-state index contributed by atoms with van der Waals surface area (Å²) in [6.07, 6.45) is 0. The average molecular weight is 304 g/mol. The number of amides is 1. The number of aliphatic carboxylic acids is 1. The van der Waals surface area contributed by atoms with Crippen LogP contribution in [-0.2, 0) is 16.1 Å². The van der Waals surface area contributed by atoms with Gasteiger partial charge in [0.15, 0.2) is 0 Å². The predicted molar refractivity (Wildman–Crippen MR) is 82.4 cm³/mol. The molecule has 0 aliphatic rings. The van der Waals surface area contributed by atoms with E-state index in [9.17, 15) is 14.7 Å². The van der Waals surface area contributed by atoms with E-state index in [1.807, 2.05) is 30.3 Å². The Bertz CT molecular complexity index is 632. The van der Waals surface area contributed by atoms with Crippen LogP contribution in [0, 0.1) is 0 Å². The first kappa shape index (κ1) is 16.0. The standard InChI is InChI=1S/C16H20N2O4/c1-11(16(20)21)18(8-7-17-12(2)19)10-14-9-13-5-3-4-6-15(13)22-14/h3-6,9,11H,7-8,10H2,1-2H3,(H,17,19)(H,20,21). The summed E-state index contributed by atoms with van der Waals surface area (Å²) in [4.78, 5) is 23.9. The van der Waals surface area contributed by atoms with Gasteiger partial charge in [-0.05, 0) is 19.1 Å². The molecule has 6 heteroatoms. The minimum atomic E-state index is -0.904. The fourth-order valence-electron chi connectivity index (χ4n) is 2.26.